The van der Waals surface area contributed by atoms with Gasteiger partial charge >= 0.3 is 35.8 Å². The second-order valence-electron chi connectivity index (χ2n) is 26.7. The van der Waals surface area contributed by atoms with E-state index in [0.29, 0.717) is 11.1 Å². The van der Waals surface area contributed by atoms with Crippen LogP contribution >= 0.6 is 11.3 Å². The fraction of sp³-hybridized carbons (Fsp3) is 0.144. The van der Waals surface area contributed by atoms with Gasteiger partial charge in [-0.1, -0.05) is 256 Å². The highest BCUT2D eigenvalue weighted by Gasteiger charge is 2.23. The third-order valence-electron chi connectivity index (χ3n) is 18.1. The molecule has 6 N–H and O–H groups in total. The lowest BCUT2D eigenvalue weighted by Crippen LogP contribution is -2.11. The van der Waals surface area contributed by atoms with Crippen molar-refractivity contribution in [3.63, 3.8) is 0 Å². The number of aryl methyl sites for hydroxylation is 4. The molecular formula is C97H86O19S. The molecular weight excluding hydrogens is 1500 g/mol. The Hall–Kier alpha value is -14.4. The summed E-state index contributed by atoms with van der Waals surface area (Å²) in [7, 11) is 0. The molecule has 20 heteroatoms. The maximum Gasteiger partial charge on any atom is 0.336 e. The van der Waals surface area contributed by atoms with Crippen molar-refractivity contribution >= 4 is 87.6 Å². The fourth-order valence-corrected chi connectivity index (χ4v) is 12.8. The summed E-state index contributed by atoms with van der Waals surface area (Å²) in [5, 5.41) is 56.4. The summed E-state index contributed by atoms with van der Waals surface area (Å²) in [5.41, 5.74) is 11.2. The first kappa shape index (κ1) is 89.8. The number of thiophene rings is 1. The van der Waals surface area contributed by atoms with Crippen molar-refractivity contribution in [1.29, 1.82) is 0 Å². The summed E-state index contributed by atoms with van der Waals surface area (Å²) in [6.07, 6.45) is 4.21. The first-order valence-electron chi connectivity index (χ1n) is 37.1. The van der Waals surface area contributed by atoms with E-state index in [0.717, 1.165) is 57.5 Å². The van der Waals surface area contributed by atoms with Crippen molar-refractivity contribution in [1.82, 2.24) is 0 Å². The van der Waals surface area contributed by atoms with Crippen LogP contribution in [0.4, 0.5) is 0 Å². The number of carbonyl (C=O) groups is 13. The molecule has 0 amide bonds. The monoisotopic (exact) mass is 1590 g/mol. The summed E-state index contributed by atoms with van der Waals surface area (Å²) in [4.78, 5) is 152. The summed E-state index contributed by atoms with van der Waals surface area (Å²) < 4.78 is 0. The number of hydrogen-bond donors (Lipinski definition) is 6. The predicted octanol–water partition coefficient (Wildman–Crippen LogP) is 19.3. The molecule has 1 aromatic heterocycles. The van der Waals surface area contributed by atoms with E-state index in [9.17, 15) is 62.3 Å². The van der Waals surface area contributed by atoms with Gasteiger partial charge in [0.25, 0.3) is 0 Å². The number of carboxylic acids is 6. The van der Waals surface area contributed by atoms with Gasteiger partial charge in [-0.05, 0) is 132 Å². The average molecular weight is 1590 g/mol. The van der Waals surface area contributed by atoms with Crippen molar-refractivity contribution in [2.45, 2.75) is 92.4 Å². The zero-order chi connectivity index (χ0) is 85.1. The third-order valence-corrected chi connectivity index (χ3v) is 19.0. The highest BCUT2D eigenvalue weighted by atomic mass is 32.1. The molecule has 0 aliphatic carbocycles. The van der Waals surface area contributed by atoms with Crippen LogP contribution in [0.15, 0.2) is 284 Å². The topological polar surface area (TPSA) is 343 Å². The Bertz CT molecular complexity index is 5580. The number of ketones is 7. The van der Waals surface area contributed by atoms with Crippen molar-refractivity contribution in [3.8, 4) is 0 Å². The van der Waals surface area contributed by atoms with Gasteiger partial charge in [-0.25, -0.2) is 28.8 Å². The van der Waals surface area contributed by atoms with E-state index in [1.807, 2.05) is 128 Å². The molecule has 594 valence electrons. The molecule has 0 saturated carbocycles. The lowest BCUT2D eigenvalue weighted by molar-refractivity contribution is 0.0683. The summed E-state index contributed by atoms with van der Waals surface area (Å²) in [5.74, 6) is -7.70. The molecule has 0 radical (unpaired) electrons. The van der Waals surface area contributed by atoms with E-state index in [-0.39, 0.29) is 146 Å². The van der Waals surface area contributed by atoms with E-state index < -0.39 is 35.8 Å². The Labute approximate surface area is 680 Å². The van der Waals surface area contributed by atoms with Gasteiger partial charge in [-0.3, -0.25) is 33.6 Å². The van der Waals surface area contributed by atoms with Crippen molar-refractivity contribution in [3.05, 3.63) is 412 Å². The van der Waals surface area contributed by atoms with Crippen LogP contribution in [0.2, 0.25) is 0 Å². The van der Waals surface area contributed by atoms with Crippen LogP contribution in [-0.4, -0.2) is 107 Å². The van der Waals surface area contributed by atoms with Gasteiger partial charge in [0.05, 0.1) is 33.4 Å². The van der Waals surface area contributed by atoms with Crippen LogP contribution in [0.25, 0.3) is 0 Å². The molecule has 0 bridgehead atoms. The quantitative estimate of drug-likeness (QED) is 0.0248. The van der Waals surface area contributed by atoms with Gasteiger partial charge in [0.2, 0.25) is 0 Å². The maximum atomic E-state index is 12.3. The SMILES string of the molecule is CC(=O)c1cccc(CC(=O)c2ccccc2C(=O)O)c1.CCCc1ccc(CC(=O)c2ccccc2C(=O)O)cc1.CCc1cccc(CC(=O)c2ccccc2C(=O)O)c1.Cc1cccc(CC(=O)c2ccccc2C(=O)O)c1.Cc1ccccc1CC(=O)c1ccccc1C(=O)O.O=C(O)c1ccccc1C(=O)Cc1cccs1. The average Bonchev–Trinajstić information content (AvgIpc) is 1.22. The van der Waals surface area contributed by atoms with Crippen LogP contribution in [0.3, 0.4) is 0 Å². The number of carboxylic acid groups (broad SMARTS) is 6. The molecule has 0 spiro atoms. The van der Waals surface area contributed by atoms with Crippen LogP contribution in [0, 0.1) is 13.8 Å². The van der Waals surface area contributed by atoms with Gasteiger partial charge in [-0.2, -0.15) is 0 Å². The predicted molar refractivity (Wildman–Crippen MR) is 448 cm³/mol. The lowest BCUT2D eigenvalue weighted by atomic mass is 9.96. The normalized spacial score (nSPS) is 10.2. The smallest absolute Gasteiger partial charge is 0.336 e. The van der Waals surface area contributed by atoms with Crippen LogP contribution in [-0.2, 0) is 51.4 Å². The van der Waals surface area contributed by atoms with E-state index in [2.05, 4.69) is 13.8 Å². The maximum absolute atomic E-state index is 12.3. The highest BCUT2D eigenvalue weighted by Crippen LogP contribution is 2.22. The van der Waals surface area contributed by atoms with Crippen LogP contribution in [0.5, 0.6) is 0 Å². The Balaban J connectivity index is 0.000000194. The molecule has 0 aliphatic heterocycles. The number of carbonyl (C=O) groups excluding carboxylic acids is 7. The van der Waals surface area contributed by atoms with Gasteiger partial charge in [-0.15, -0.1) is 11.3 Å². The zero-order valence-corrected chi connectivity index (χ0v) is 65.7. The number of aromatic carboxylic acids is 6. The summed E-state index contributed by atoms with van der Waals surface area (Å²) in [6.45, 7) is 9.53. The van der Waals surface area contributed by atoms with Crippen molar-refractivity contribution < 1.29 is 93.0 Å². The van der Waals surface area contributed by atoms with Crippen molar-refractivity contribution in [2.75, 3.05) is 0 Å². The molecule has 0 fully saturated rings. The second kappa shape index (κ2) is 45.4. The van der Waals surface area contributed by atoms with Gasteiger partial charge in [0.1, 0.15) is 0 Å². The second-order valence-corrected chi connectivity index (χ2v) is 27.7. The van der Waals surface area contributed by atoms with E-state index in [1.54, 1.807) is 127 Å². The fourth-order valence-electron chi connectivity index (χ4n) is 12.1. The molecule has 1 heterocycles. The minimum atomic E-state index is -1.13. The summed E-state index contributed by atoms with van der Waals surface area (Å²) in [6, 6.07) is 79.2. The number of rotatable bonds is 28. The third kappa shape index (κ3) is 27.8. The molecule has 12 aromatic rings. The zero-order valence-electron chi connectivity index (χ0n) is 64.9. The van der Waals surface area contributed by atoms with Crippen LogP contribution < -0.4 is 0 Å². The van der Waals surface area contributed by atoms with Crippen molar-refractivity contribution in [2.24, 2.45) is 0 Å². The first-order chi connectivity index (χ1) is 56.1. The Morgan fingerprint density at radius 3 is 0.923 bits per heavy atom. The molecule has 19 nitrogen and oxygen atoms in total. The largest absolute Gasteiger partial charge is 0.478 e. The lowest BCUT2D eigenvalue weighted by Gasteiger charge is -2.07. The Kier molecular flexibility index (Phi) is 34.8. The number of benzene rings is 11. The molecule has 12 rings (SSSR count). The summed E-state index contributed by atoms with van der Waals surface area (Å²) >= 11 is 1.49. The van der Waals surface area contributed by atoms with Crippen LogP contribution in [0.1, 0.15) is 217 Å². The molecule has 0 unspecified atom stereocenters. The number of hydrogen-bond acceptors (Lipinski definition) is 14. The van der Waals surface area contributed by atoms with E-state index >= 15 is 0 Å². The van der Waals surface area contributed by atoms with Gasteiger partial charge < -0.3 is 30.6 Å². The van der Waals surface area contributed by atoms with E-state index in [1.165, 1.54) is 71.9 Å². The highest BCUT2D eigenvalue weighted by molar-refractivity contribution is 7.10. The Morgan fingerprint density at radius 1 is 0.274 bits per heavy atom. The molecule has 0 saturated heterocycles. The minimum Gasteiger partial charge on any atom is -0.478 e. The Morgan fingerprint density at radius 2 is 0.581 bits per heavy atom. The van der Waals surface area contributed by atoms with Gasteiger partial charge in [0, 0.05) is 82.3 Å². The van der Waals surface area contributed by atoms with E-state index in [4.69, 9.17) is 30.6 Å². The molecule has 117 heavy (non-hydrogen) atoms. The molecule has 11 aromatic carbocycles. The molecule has 0 atom stereocenters. The van der Waals surface area contributed by atoms with Gasteiger partial charge in [0.15, 0.2) is 40.5 Å². The minimum absolute atomic E-state index is 0.00905. The first-order valence-corrected chi connectivity index (χ1v) is 38.0. The standard InChI is InChI=1S/C18H18O3.C17H14O4.C17H16O3.2C16H14O3.C13H10O3S/c1-2-5-13-8-10-14(11-9-13)12-17(19)15-6-3-4-7-16(15)18(20)21;1-11(18)13-6-4-5-12(9-13)10-16(19)14-7-2-3-8-15(14)17(20)21;1-2-12-6-5-7-13(10-12)11-16(18)14-8-3-4-9-15(14)17(19)20;1-11-5-4-6-12(9-11)10-15(17)13-7-2-3-8-14(13)16(18)19;1-11-6-2-3-7-12(11)10-15(17)13-8-4-5-9-14(13)16(18)19;14-12(8-9-4-3-7-17-9)10-5-1-2-6-11(10)13(15)16/h3-4,6-11H,2,5,12H2,1H3,(H,20,21);2-9H,10H2,1H3,(H,20,21);3-10H,2,11H2,1H3,(H,19,20);2*2-9H,10H2,1H3,(H,18,19);1-7H,8H2,(H,15,16). The molecule has 0 aliphatic rings. The number of Topliss-reactive ketones (excluding diaryl/α,β-unsaturated/α-hetero) is 7.